The number of carboxylic acids is 1. The van der Waals surface area contributed by atoms with Crippen molar-refractivity contribution in [3.8, 4) is 5.75 Å². The fourth-order valence-corrected chi connectivity index (χ4v) is 4.47. The van der Waals surface area contributed by atoms with Gasteiger partial charge in [0.15, 0.2) is 0 Å². The molecular weight excluding hydrogens is 504 g/mol. The molecule has 1 aliphatic rings. The van der Waals surface area contributed by atoms with Crippen molar-refractivity contribution in [2.75, 3.05) is 39.9 Å². The van der Waals surface area contributed by atoms with Crippen LogP contribution >= 0.6 is 0 Å². The first-order valence-corrected chi connectivity index (χ1v) is 12.6. The zero-order valence-corrected chi connectivity index (χ0v) is 21.8. The largest absolute Gasteiger partial charge is 0.496 e. The average molecular weight is 535 g/mol. The Kier molecular flexibility index (Phi) is 8.60. The van der Waals surface area contributed by atoms with Gasteiger partial charge in [-0.3, -0.25) is 9.59 Å². The van der Waals surface area contributed by atoms with Crippen LogP contribution in [0.1, 0.15) is 33.3 Å². The number of hydrogen-bond donors (Lipinski definition) is 2. The second-order valence-corrected chi connectivity index (χ2v) is 8.97. The van der Waals surface area contributed by atoms with Gasteiger partial charge in [-0.05, 0) is 36.8 Å². The molecule has 0 saturated carbocycles. The maximum absolute atomic E-state index is 13.6. The molecule has 1 saturated heterocycles. The van der Waals surface area contributed by atoms with E-state index in [2.05, 4.69) is 10.3 Å². The van der Waals surface area contributed by atoms with E-state index in [0.717, 1.165) is 5.39 Å². The van der Waals surface area contributed by atoms with Crippen molar-refractivity contribution < 1.29 is 33.8 Å². The van der Waals surface area contributed by atoms with E-state index in [0.29, 0.717) is 29.9 Å². The molecule has 0 bridgehead atoms. The van der Waals surface area contributed by atoms with Gasteiger partial charge in [0.2, 0.25) is 5.91 Å². The number of methoxy groups -OCH3 is 1. The van der Waals surface area contributed by atoms with Crippen molar-refractivity contribution in [2.24, 2.45) is 0 Å². The Morgan fingerprint density at radius 3 is 2.41 bits per heavy atom. The first-order valence-electron chi connectivity index (χ1n) is 12.6. The Hall–Kier alpha value is -4.67. The summed E-state index contributed by atoms with van der Waals surface area (Å²) in [4.78, 5) is 58.1. The third-order valence-electron chi connectivity index (χ3n) is 6.47. The van der Waals surface area contributed by atoms with Crippen LogP contribution in [0, 0.1) is 0 Å². The highest BCUT2D eigenvalue weighted by atomic mass is 16.6. The van der Waals surface area contributed by atoms with Gasteiger partial charge in [-0.2, -0.15) is 0 Å². The number of carboxylic acid groups (broad SMARTS) is 1. The third-order valence-corrected chi connectivity index (χ3v) is 6.47. The number of carbonyl (C=O) groups is 4. The number of rotatable bonds is 8. The molecule has 0 aliphatic carbocycles. The van der Waals surface area contributed by atoms with Crippen molar-refractivity contribution in [1.82, 2.24) is 20.1 Å². The number of aromatic nitrogens is 1. The Morgan fingerprint density at radius 1 is 1.00 bits per heavy atom. The Morgan fingerprint density at radius 2 is 1.72 bits per heavy atom. The maximum Gasteiger partial charge on any atom is 0.409 e. The molecule has 3 aromatic rings. The van der Waals surface area contributed by atoms with Crippen LogP contribution < -0.4 is 10.1 Å². The van der Waals surface area contributed by atoms with E-state index in [1.807, 2.05) is 12.1 Å². The molecule has 204 valence electrons. The average Bonchev–Trinajstić information content (AvgIpc) is 2.96. The van der Waals surface area contributed by atoms with E-state index in [4.69, 9.17) is 9.47 Å². The standard InChI is InChI=1S/C28H30N4O7/c1-3-39-28(37)32-13-11-31(12-14-32)26(34)23(16-18-7-6-8-19(15-18)27(35)36)30-25(33)22-17-24(38-2)20-9-4-5-10-21(20)29-22/h4-10,15,17,23H,3,11-14,16H2,1-2H3,(H,30,33)(H,35,36). The van der Waals surface area contributed by atoms with Crippen molar-refractivity contribution >= 4 is 34.8 Å². The van der Waals surface area contributed by atoms with Crippen LogP contribution in [-0.2, 0) is 16.0 Å². The lowest BCUT2D eigenvalue weighted by atomic mass is 10.0. The smallest absolute Gasteiger partial charge is 0.409 e. The number of piperazine rings is 1. The molecular formula is C28H30N4O7. The molecule has 1 aliphatic heterocycles. The lowest BCUT2D eigenvalue weighted by Crippen LogP contribution is -2.56. The molecule has 4 rings (SSSR count). The Labute approximate surface area is 225 Å². The predicted molar refractivity (Wildman–Crippen MR) is 142 cm³/mol. The summed E-state index contributed by atoms with van der Waals surface area (Å²) in [5.41, 5.74) is 1.29. The highest BCUT2D eigenvalue weighted by Crippen LogP contribution is 2.25. The summed E-state index contributed by atoms with van der Waals surface area (Å²) in [6.45, 7) is 3.11. The van der Waals surface area contributed by atoms with Crippen molar-refractivity contribution in [3.63, 3.8) is 0 Å². The van der Waals surface area contributed by atoms with Gasteiger partial charge < -0.3 is 29.7 Å². The molecule has 3 amide bonds. The molecule has 1 unspecified atom stereocenters. The normalized spacial score (nSPS) is 14.0. The minimum atomic E-state index is -1.09. The van der Waals surface area contributed by atoms with Crippen LogP contribution in [-0.4, -0.2) is 89.7 Å². The summed E-state index contributed by atoms with van der Waals surface area (Å²) in [7, 11) is 1.50. The molecule has 0 spiro atoms. The number of amides is 3. The van der Waals surface area contributed by atoms with E-state index < -0.39 is 24.0 Å². The first-order chi connectivity index (χ1) is 18.8. The predicted octanol–water partition coefficient (Wildman–Crippen LogP) is 2.58. The van der Waals surface area contributed by atoms with Crippen LogP contribution in [0.15, 0.2) is 54.6 Å². The van der Waals surface area contributed by atoms with Gasteiger partial charge in [-0.15, -0.1) is 0 Å². The maximum atomic E-state index is 13.6. The summed E-state index contributed by atoms with van der Waals surface area (Å²) in [5.74, 6) is -1.54. The van der Waals surface area contributed by atoms with E-state index in [9.17, 15) is 24.3 Å². The van der Waals surface area contributed by atoms with Crippen LogP contribution in [0.25, 0.3) is 10.9 Å². The van der Waals surface area contributed by atoms with E-state index in [1.165, 1.54) is 30.2 Å². The molecule has 1 aromatic heterocycles. The molecule has 2 heterocycles. The topological polar surface area (TPSA) is 138 Å². The number of pyridine rings is 1. The molecule has 2 N–H and O–H groups in total. The number of benzene rings is 2. The number of hydrogen-bond acceptors (Lipinski definition) is 7. The molecule has 0 radical (unpaired) electrons. The number of nitrogens with one attached hydrogen (secondary N) is 1. The van der Waals surface area contributed by atoms with Crippen molar-refractivity contribution in [1.29, 1.82) is 0 Å². The third kappa shape index (κ3) is 6.43. The van der Waals surface area contributed by atoms with Gasteiger partial charge in [0, 0.05) is 44.1 Å². The van der Waals surface area contributed by atoms with E-state index in [1.54, 1.807) is 36.1 Å². The summed E-state index contributed by atoms with van der Waals surface area (Å²) < 4.78 is 10.5. The number of carbonyl (C=O) groups excluding carboxylic acids is 3. The molecule has 2 aromatic carbocycles. The lowest BCUT2D eigenvalue weighted by molar-refractivity contribution is -0.134. The summed E-state index contributed by atoms with van der Waals surface area (Å²) >= 11 is 0. The van der Waals surface area contributed by atoms with Crippen LogP contribution in [0.4, 0.5) is 4.79 Å². The van der Waals surface area contributed by atoms with Gasteiger partial charge in [-0.25, -0.2) is 14.6 Å². The van der Waals surface area contributed by atoms with Crippen molar-refractivity contribution in [2.45, 2.75) is 19.4 Å². The fourth-order valence-electron chi connectivity index (χ4n) is 4.47. The first kappa shape index (κ1) is 27.4. The fraction of sp³-hybridized carbons (Fsp3) is 0.321. The van der Waals surface area contributed by atoms with E-state index >= 15 is 0 Å². The van der Waals surface area contributed by atoms with Crippen LogP contribution in [0.3, 0.4) is 0 Å². The second kappa shape index (κ2) is 12.2. The molecule has 1 fully saturated rings. The molecule has 39 heavy (non-hydrogen) atoms. The summed E-state index contributed by atoms with van der Waals surface area (Å²) in [5, 5.41) is 12.9. The zero-order valence-electron chi connectivity index (χ0n) is 21.8. The number of nitrogens with zero attached hydrogens (tertiary/aromatic N) is 3. The number of aromatic carboxylic acids is 1. The van der Waals surface area contributed by atoms with Gasteiger partial charge in [0.25, 0.3) is 5.91 Å². The number of ether oxygens (including phenoxy) is 2. The van der Waals surface area contributed by atoms with Crippen LogP contribution in [0.5, 0.6) is 5.75 Å². The lowest BCUT2D eigenvalue weighted by Gasteiger charge is -2.36. The number of para-hydroxylation sites is 1. The number of fused-ring (bicyclic) bond motifs is 1. The quantitative estimate of drug-likeness (QED) is 0.450. The SMILES string of the molecule is CCOC(=O)N1CCN(C(=O)C(Cc2cccc(C(=O)O)c2)NC(=O)c2cc(OC)c3ccccc3n2)CC1. The molecule has 11 nitrogen and oxygen atoms in total. The highest BCUT2D eigenvalue weighted by molar-refractivity contribution is 5.99. The van der Waals surface area contributed by atoms with Gasteiger partial charge in [0.1, 0.15) is 17.5 Å². The minimum absolute atomic E-state index is 0.0640. The van der Waals surface area contributed by atoms with Gasteiger partial charge >= 0.3 is 12.1 Å². The van der Waals surface area contributed by atoms with E-state index in [-0.39, 0.29) is 43.3 Å². The molecule has 11 heteroatoms. The molecule has 1 atom stereocenters. The minimum Gasteiger partial charge on any atom is -0.496 e. The summed E-state index contributed by atoms with van der Waals surface area (Å²) in [6.07, 6.45) is -0.370. The van der Waals surface area contributed by atoms with Gasteiger partial charge in [-0.1, -0.05) is 24.3 Å². The Bertz CT molecular complexity index is 1390. The van der Waals surface area contributed by atoms with Crippen LogP contribution in [0.2, 0.25) is 0 Å². The zero-order chi connectivity index (χ0) is 27.9. The van der Waals surface area contributed by atoms with Gasteiger partial charge in [0.05, 0.1) is 24.8 Å². The second-order valence-electron chi connectivity index (χ2n) is 8.97. The monoisotopic (exact) mass is 534 g/mol. The summed E-state index contributed by atoms with van der Waals surface area (Å²) in [6, 6.07) is 14.0. The Balaban J connectivity index is 1.58. The highest BCUT2D eigenvalue weighted by Gasteiger charge is 2.31. The van der Waals surface area contributed by atoms with Crippen molar-refractivity contribution in [3.05, 3.63) is 71.4 Å².